The number of para-hydroxylation sites is 1. The van der Waals surface area contributed by atoms with Crippen molar-refractivity contribution in [3.8, 4) is 0 Å². The zero-order chi connectivity index (χ0) is 23.4. The first-order valence-electron chi connectivity index (χ1n) is 10.0. The molecule has 0 aromatic heterocycles. The van der Waals surface area contributed by atoms with Crippen LogP contribution in [0.5, 0.6) is 0 Å². The van der Waals surface area contributed by atoms with Gasteiger partial charge in [0.1, 0.15) is 6.61 Å². The Morgan fingerprint density at radius 1 is 1.19 bits per heavy atom. The van der Waals surface area contributed by atoms with Crippen molar-refractivity contribution in [2.75, 3.05) is 25.2 Å². The van der Waals surface area contributed by atoms with E-state index >= 15 is 0 Å². The molecule has 0 saturated carbocycles. The highest BCUT2D eigenvalue weighted by atomic mass is 32.1. The molecule has 0 amide bonds. The van der Waals surface area contributed by atoms with Gasteiger partial charge in [0, 0.05) is 18.9 Å². The van der Waals surface area contributed by atoms with Crippen LogP contribution in [-0.4, -0.2) is 36.3 Å². The second kappa shape index (κ2) is 9.88. The van der Waals surface area contributed by atoms with Gasteiger partial charge in [-0.1, -0.05) is 24.3 Å². The van der Waals surface area contributed by atoms with Crippen molar-refractivity contribution < 1.29 is 19.2 Å². The highest BCUT2D eigenvalue weighted by molar-refractivity contribution is 7.80. The molecule has 2 aromatic rings. The summed E-state index contributed by atoms with van der Waals surface area (Å²) in [6.45, 7) is 5.99. The summed E-state index contributed by atoms with van der Waals surface area (Å²) in [6, 6.07) is 11.4. The van der Waals surface area contributed by atoms with Crippen LogP contribution in [0.2, 0.25) is 0 Å². The van der Waals surface area contributed by atoms with Gasteiger partial charge in [0.15, 0.2) is 5.11 Å². The Morgan fingerprint density at radius 2 is 1.91 bits per heavy atom. The lowest BCUT2D eigenvalue weighted by atomic mass is 9.93. The van der Waals surface area contributed by atoms with Gasteiger partial charge in [-0.15, -0.1) is 0 Å². The number of anilines is 1. The van der Waals surface area contributed by atoms with Crippen molar-refractivity contribution in [2.24, 2.45) is 0 Å². The van der Waals surface area contributed by atoms with Crippen LogP contribution >= 0.6 is 12.2 Å². The summed E-state index contributed by atoms with van der Waals surface area (Å²) in [6.07, 6.45) is 0. The fourth-order valence-corrected chi connectivity index (χ4v) is 4.04. The molecule has 0 aliphatic carbocycles. The predicted molar refractivity (Wildman–Crippen MR) is 126 cm³/mol. The molecule has 1 atom stereocenters. The van der Waals surface area contributed by atoms with Crippen molar-refractivity contribution in [3.05, 3.63) is 80.5 Å². The minimum Gasteiger partial charge on any atom is -0.460 e. The van der Waals surface area contributed by atoms with Crippen molar-refractivity contribution in [2.45, 2.75) is 26.8 Å². The highest BCUT2D eigenvalue weighted by Gasteiger charge is 2.38. The number of hydrogen-bond donors (Lipinski definition) is 1. The van der Waals surface area contributed by atoms with Gasteiger partial charge in [-0.25, -0.2) is 4.79 Å². The third-order valence-electron chi connectivity index (χ3n) is 5.28. The Hall–Kier alpha value is -3.30. The number of aryl methyl sites for hydroxylation is 2. The van der Waals surface area contributed by atoms with E-state index in [4.69, 9.17) is 21.7 Å². The Morgan fingerprint density at radius 3 is 2.59 bits per heavy atom. The minimum absolute atomic E-state index is 0.0592. The maximum absolute atomic E-state index is 13.2. The normalized spacial score (nSPS) is 16.1. The fourth-order valence-electron chi connectivity index (χ4n) is 3.68. The van der Waals surface area contributed by atoms with Crippen LogP contribution in [0.15, 0.2) is 53.7 Å². The van der Waals surface area contributed by atoms with Crippen LogP contribution in [-0.2, 0) is 14.3 Å². The summed E-state index contributed by atoms with van der Waals surface area (Å²) in [5.41, 5.74) is 3.85. The number of hydrogen-bond acceptors (Lipinski definition) is 6. The lowest BCUT2D eigenvalue weighted by Gasteiger charge is -2.38. The third-order valence-corrected chi connectivity index (χ3v) is 5.58. The van der Waals surface area contributed by atoms with Crippen molar-refractivity contribution in [1.29, 1.82) is 0 Å². The number of rotatable bonds is 7. The van der Waals surface area contributed by atoms with Gasteiger partial charge in [0.25, 0.3) is 5.69 Å². The average Bonchev–Trinajstić information content (AvgIpc) is 2.75. The van der Waals surface area contributed by atoms with E-state index in [1.807, 2.05) is 32.0 Å². The SMILES string of the molecule is COCCOC(=O)C1=C(C)N(c2cc(C)ccc2C)C(=S)NC1c1ccccc1[N+](=O)[O-]. The second-order valence-corrected chi connectivity index (χ2v) is 7.84. The maximum atomic E-state index is 13.2. The first-order valence-corrected chi connectivity index (χ1v) is 10.4. The molecule has 2 aromatic carbocycles. The topological polar surface area (TPSA) is 93.9 Å². The number of thiocarbonyl (C=S) groups is 1. The van der Waals surface area contributed by atoms with E-state index in [-0.39, 0.29) is 24.5 Å². The smallest absolute Gasteiger partial charge is 0.338 e. The Balaban J connectivity index is 2.18. The van der Waals surface area contributed by atoms with E-state index in [0.717, 1.165) is 16.8 Å². The van der Waals surface area contributed by atoms with Gasteiger partial charge in [0.2, 0.25) is 0 Å². The third kappa shape index (κ3) is 4.63. The maximum Gasteiger partial charge on any atom is 0.338 e. The Labute approximate surface area is 192 Å². The minimum atomic E-state index is -0.833. The molecule has 9 heteroatoms. The van der Waals surface area contributed by atoms with E-state index in [2.05, 4.69) is 5.32 Å². The molecule has 8 nitrogen and oxygen atoms in total. The zero-order valence-corrected chi connectivity index (χ0v) is 19.2. The fraction of sp³-hybridized carbons (Fsp3) is 0.304. The van der Waals surface area contributed by atoms with E-state index < -0.39 is 16.9 Å². The van der Waals surface area contributed by atoms with Crippen LogP contribution in [0.3, 0.4) is 0 Å². The van der Waals surface area contributed by atoms with Gasteiger partial charge < -0.3 is 14.8 Å². The van der Waals surface area contributed by atoms with E-state index in [0.29, 0.717) is 16.4 Å². The van der Waals surface area contributed by atoms with Gasteiger partial charge in [-0.05, 0) is 56.2 Å². The molecular formula is C23H25N3O5S. The van der Waals surface area contributed by atoms with Crippen LogP contribution in [0.1, 0.15) is 29.7 Å². The number of allylic oxidation sites excluding steroid dienone is 1. The number of carbonyl (C=O) groups excluding carboxylic acids is 1. The number of nitrogens with one attached hydrogen (secondary N) is 1. The molecule has 1 aliphatic heterocycles. The molecular weight excluding hydrogens is 430 g/mol. The first-order chi connectivity index (χ1) is 15.3. The Bertz CT molecular complexity index is 1100. The summed E-state index contributed by atoms with van der Waals surface area (Å²) >= 11 is 5.66. The van der Waals surface area contributed by atoms with Crippen LogP contribution in [0, 0.1) is 24.0 Å². The molecule has 1 unspecified atom stereocenters. The van der Waals surface area contributed by atoms with Crippen molar-refractivity contribution >= 4 is 34.7 Å². The largest absolute Gasteiger partial charge is 0.460 e. The van der Waals surface area contributed by atoms with Crippen LogP contribution < -0.4 is 10.2 Å². The summed E-state index contributed by atoms with van der Waals surface area (Å²) in [5, 5.41) is 15.1. The van der Waals surface area contributed by atoms with Gasteiger partial charge >= 0.3 is 5.97 Å². The molecule has 0 bridgehead atoms. The molecule has 1 heterocycles. The van der Waals surface area contributed by atoms with E-state index in [1.54, 1.807) is 30.0 Å². The summed E-state index contributed by atoms with van der Waals surface area (Å²) in [4.78, 5) is 26.1. The standard InChI is InChI=1S/C23H25N3O5S/c1-14-9-10-15(2)19(13-14)25-16(3)20(22(27)31-12-11-30-4)21(24-23(25)32)17-7-5-6-8-18(17)26(28)29/h5-10,13,21H,11-12H2,1-4H3,(H,24,32). The van der Waals surface area contributed by atoms with E-state index in [1.165, 1.54) is 13.2 Å². The quantitative estimate of drug-likeness (QED) is 0.219. The molecule has 0 radical (unpaired) electrons. The summed E-state index contributed by atoms with van der Waals surface area (Å²) < 4.78 is 10.4. The van der Waals surface area contributed by atoms with Gasteiger partial charge in [-0.3, -0.25) is 15.0 Å². The molecule has 0 fully saturated rings. The molecule has 0 saturated heterocycles. The van der Waals surface area contributed by atoms with Crippen LogP contribution in [0.25, 0.3) is 0 Å². The zero-order valence-electron chi connectivity index (χ0n) is 18.4. The van der Waals surface area contributed by atoms with Crippen molar-refractivity contribution in [3.63, 3.8) is 0 Å². The number of nitrogens with zero attached hydrogens (tertiary/aromatic N) is 2. The molecule has 1 N–H and O–H groups in total. The number of nitro benzene ring substituents is 1. The lowest BCUT2D eigenvalue weighted by Crippen LogP contribution is -2.48. The lowest BCUT2D eigenvalue weighted by molar-refractivity contribution is -0.385. The number of esters is 1. The van der Waals surface area contributed by atoms with Gasteiger partial charge in [-0.2, -0.15) is 0 Å². The summed E-state index contributed by atoms with van der Waals surface area (Å²) in [7, 11) is 1.51. The molecule has 1 aliphatic rings. The molecule has 0 spiro atoms. The van der Waals surface area contributed by atoms with E-state index in [9.17, 15) is 14.9 Å². The van der Waals surface area contributed by atoms with Crippen LogP contribution in [0.4, 0.5) is 11.4 Å². The highest BCUT2D eigenvalue weighted by Crippen LogP contribution is 2.38. The number of ether oxygens (including phenoxy) is 2. The second-order valence-electron chi connectivity index (χ2n) is 7.45. The predicted octanol–water partition coefficient (Wildman–Crippen LogP) is 4.11. The van der Waals surface area contributed by atoms with Gasteiger partial charge in [0.05, 0.1) is 34.4 Å². The van der Waals surface area contributed by atoms with Crippen molar-refractivity contribution in [1.82, 2.24) is 5.32 Å². The number of carbonyl (C=O) groups is 1. The number of benzene rings is 2. The average molecular weight is 456 g/mol. The molecule has 3 rings (SSSR count). The molecule has 32 heavy (non-hydrogen) atoms. The molecule has 168 valence electrons. The summed E-state index contributed by atoms with van der Waals surface area (Å²) in [5.74, 6) is -0.590. The number of nitro groups is 1. The Kier molecular flexibility index (Phi) is 7.22. The monoisotopic (exact) mass is 455 g/mol. The number of methoxy groups -OCH3 is 1. The first kappa shape index (κ1) is 23.4.